The van der Waals surface area contributed by atoms with Crippen molar-refractivity contribution in [2.24, 2.45) is 11.8 Å². The van der Waals surface area contributed by atoms with Crippen LogP contribution in [0.5, 0.6) is 0 Å². The van der Waals surface area contributed by atoms with E-state index in [0.717, 1.165) is 19.5 Å². The fraction of sp³-hybridized carbons (Fsp3) is 0.923. The van der Waals surface area contributed by atoms with Crippen LogP contribution in [0.2, 0.25) is 0 Å². The Balaban J connectivity index is 2.44. The molecule has 1 unspecified atom stereocenters. The molecule has 1 rings (SSSR count). The van der Waals surface area contributed by atoms with Crippen LogP contribution in [0.25, 0.3) is 0 Å². The number of amides is 1. The highest BCUT2D eigenvalue weighted by atomic mass is 16.6. The molecule has 2 atom stereocenters. The third-order valence-electron chi connectivity index (χ3n) is 3.33. The number of ether oxygens (including phenoxy) is 1. The van der Waals surface area contributed by atoms with Crippen molar-refractivity contribution in [1.29, 1.82) is 0 Å². The molecule has 0 bridgehead atoms. The average Bonchev–Trinajstić information content (AvgIpc) is 2.62. The van der Waals surface area contributed by atoms with E-state index >= 15 is 0 Å². The third kappa shape index (κ3) is 3.69. The second-order valence-electron chi connectivity index (χ2n) is 5.86. The molecule has 1 fully saturated rings. The monoisotopic (exact) mass is 227 g/mol. The van der Waals surface area contributed by atoms with Crippen molar-refractivity contribution in [3.8, 4) is 0 Å². The van der Waals surface area contributed by atoms with Crippen LogP contribution in [-0.4, -0.2) is 29.7 Å². The molecule has 3 nitrogen and oxygen atoms in total. The molecular weight excluding hydrogens is 202 g/mol. The molecule has 1 saturated heterocycles. The minimum absolute atomic E-state index is 0.154. The van der Waals surface area contributed by atoms with E-state index in [0.29, 0.717) is 11.8 Å². The summed E-state index contributed by atoms with van der Waals surface area (Å²) in [4.78, 5) is 13.7. The first-order chi connectivity index (χ1) is 7.33. The van der Waals surface area contributed by atoms with Crippen LogP contribution < -0.4 is 0 Å². The lowest BCUT2D eigenvalue weighted by molar-refractivity contribution is 0.0284. The van der Waals surface area contributed by atoms with E-state index in [9.17, 15) is 4.79 Å². The number of hydrogen-bond donors (Lipinski definition) is 0. The summed E-state index contributed by atoms with van der Waals surface area (Å²) in [7, 11) is 0. The fourth-order valence-electron chi connectivity index (χ4n) is 2.08. The largest absolute Gasteiger partial charge is 0.444 e. The maximum absolute atomic E-state index is 11.8. The predicted octanol–water partition coefficient (Wildman–Crippen LogP) is 3.29. The number of rotatable bonds is 2. The summed E-state index contributed by atoms with van der Waals surface area (Å²) in [6.07, 6.45) is 2.15. The lowest BCUT2D eigenvalue weighted by Crippen LogP contribution is -2.35. The van der Waals surface area contributed by atoms with Gasteiger partial charge in [0, 0.05) is 13.1 Å². The van der Waals surface area contributed by atoms with Crippen LogP contribution in [0.3, 0.4) is 0 Å². The number of hydrogen-bond acceptors (Lipinski definition) is 2. The van der Waals surface area contributed by atoms with Crippen LogP contribution >= 0.6 is 0 Å². The Kier molecular flexibility index (Phi) is 4.22. The maximum Gasteiger partial charge on any atom is 0.410 e. The lowest BCUT2D eigenvalue weighted by atomic mass is 9.91. The molecule has 0 aromatic carbocycles. The van der Waals surface area contributed by atoms with Gasteiger partial charge >= 0.3 is 6.09 Å². The Labute approximate surface area is 99.1 Å². The fourth-order valence-corrected chi connectivity index (χ4v) is 2.08. The summed E-state index contributed by atoms with van der Waals surface area (Å²) in [5, 5.41) is 0. The van der Waals surface area contributed by atoms with Crippen LogP contribution in [0, 0.1) is 11.8 Å². The molecule has 0 aromatic rings. The number of likely N-dealkylation sites (tertiary alicyclic amines) is 1. The number of carbonyl (C=O) groups excluding carboxylic acids is 1. The minimum Gasteiger partial charge on any atom is -0.444 e. The first kappa shape index (κ1) is 13.3. The van der Waals surface area contributed by atoms with Gasteiger partial charge in [0.2, 0.25) is 0 Å². The highest BCUT2D eigenvalue weighted by Crippen LogP contribution is 2.27. The first-order valence-corrected chi connectivity index (χ1v) is 6.31. The molecule has 1 amide bonds. The summed E-state index contributed by atoms with van der Waals surface area (Å²) in [6.45, 7) is 11.9. The second kappa shape index (κ2) is 5.07. The van der Waals surface area contributed by atoms with E-state index in [2.05, 4.69) is 13.8 Å². The highest BCUT2D eigenvalue weighted by Gasteiger charge is 2.31. The molecule has 1 aliphatic heterocycles. The highest BCUT2D eigenvalue weighted by molar-refractivity contribution is 5.68. The summed E-state index contributed by atoms with van der Waals surface area (Å²) >= 11 is 0. The van der Waals surface area contributed by atoms with Crippen LogP contribution in [0.4, 0.5) is 4.79 Å². The van der Waals surface area contributed by atoms with Gasteiger partial charge in [-0.15, -0.1) is 0 Å². The van der Waals surface area contributed by atoms with Crippen molar-refractivity contribution in [2.75, 3.05) is 13.1 Å². The van der Waals surface area contributed by atoms with Gasteiger partial charge in [-0.05, 0) is 39.0 Å². The van der Waals surface area contributed by atoms with Crippen LogP contribution in [0.1, 0.15) is 47.5 Å². The number of nitrogens with zero attached hydrogens (tertiary/aromatic N) is 1. The van der Waals surface area contributed by atoms with Gasteiger partial charge in [-0.3, -0.25) is 0 Å². The molecule has 0 N–H and O–H groups in total. The predicted molar refractivity (Wildman–Crippen MR) is 65.4 cm³/mol. The van der Waals surface area contributed by atoms with Gasteiger partial charge in [0.05, 0.1) is 0 Å². The molecule has 1 heterocycles. The van der Waals surface area contributed by atoms with Crippen molar-refractivity contribution in [1.82, 2.24) is 4.90 Å². The van der Waals surface area contributed by atoms with Crippen LogP contribution in [-0.2, 0) is 4.74 Å². The Bertz CT molecular complexity index is 245. The van der Waals surface area contributed by atoms with E-state index < -0.39 is 0 Å². The zero-order valence-electron chi connectivity index (χ0n) is 11.2. The maximum atomic E-state index is 11.8. The van der Waals surface area contributed by atoms with Crippen molar-refractivity contribution in [2.45, 2.75) is 53.1 Å². The molecule has 0 radical (unpaired) electrons. The van der Waals surface area contributed by atoms with Gasteiger partial charge < -0.3 is 9.64 Å². The average molecular weight is 227 g/mol. The Morgan fingerprint density at radius 2 is 2.12 bits per heavy atom. The van der Waals surface area contributed by atoms with Gasteiger partial charge in [0.15, 0.2) is 0 Å². The normalized spacial score (nSPS) is 23.3. The SMILES string of the molecule is CCC(C)[C@@H]1CCN(C(=O)OC(C)(C)C)C1. The summed E-state index contributed by atoms with van der Waals surface area (Å²) in [5.74, 6) is 1.35. The third-order valence-corrected chi connectivity index (χ3v) is 3.33. The molecule has 0 aliphatic carbocycles. The van der Waals surface area contributed by atoms with E-state index in [1.54, 1.807) is 0 Å². The zero-order chi connectivity index (χ0) is 12.3. The van der Waals surface area contributed by atoms with Gasteiger partial charge in [-0.25, -0.2) is 4.79 Å². The summed E-state index contributed by atoms with van der Waals surface area (Å²) in [6, 6.07) is 0. The quantitative estimate of drug-likeness (QED) is 0.724. The standard InChI is InChI=1S/C13H25NO2/c1-6-10(2)11-7-8-14(9-11)12(15)16-13(3,4)5/h10-11H,6-9H2,1-5H3/t10?,11-/m1/s1. The zero-order valence-corrected chi connectivity index (χ0v) is 11.2. The van der Waals surface area contributed by atoms with Gasteiger partial charge in [0.25, 0.3) is 0 Å². The van der Waals surface area contributed by atoms with Gasteiger partial charge in [-0.2, -0.15) is 0 Å². The molecule has 16 heavy (non-hydrogen) atoms. The van der Waals surface area contributed by atoms with Crippen molar-refractivity contribution >= 4 is 6.09 Å². The number of carbonyl (C=O) groups is 1. The molecule has 1 aliphatic rings. The van der Waals surface area contributed by atoms with E-state index in [1.807, 2.05) is 25.7 Å². The summed E-state index contributed by atoms with van der Waals surface area (Å²) < 4.78 is 5.37. The summed E-state index contributed by atoms with van der Waals surface area (Å²) in [5.41, 5.74) is -0.383. The second-order valence-corrected chi connectivity index (χ2v) is 5.86. The lowest BCUT2D eigenvalue weighted by Gasteiger charge is -2.25. The van der Waals surface area contributed by atoms with Crippen LogP contribution in [0.15, 0.2) is 0 Å². The Morgan fingerprint density at radius 3 is 2.62 bits per heavy atom. The topological polar surface area (TPSA) is 29.5 Å². The van der Waals surface area contributed by atoms with Crippen molar-refractivity contribution in [3.63, 3.8) is 0 Å². The molecular formula is C13H25NO2. The molecule has 94 valence electrons. The molecule has 3 heteroatoms. The smallest absolute Gasteiger partial charge is 0.410 e. The Hall–Kier alpha value is -0.730. The molecule has 0 saturated carbocycles. The molecule has 0 spiro atoms. The van der Waals surface area contributed by atoms with Crippen molar-refractivity contribution in [3.05, 3.63) is 0 Å². The minimum atomic E-state index is -0.383. The van der Waals surface area contributed by atoms with Crippen molar-refractivity contribution < 1.29 is 9.53 Å². The van der Waals surface area contributed by atoms with E-state index in [1.165, 1.54) is 6.42 Å². The Morgan fingerprint density at radius 1 is 1.50 bits per heavy atom. The van der Waals surface area contributed by atoms with Gasteiger partial charge in [0.1, 0.15) is 5.60 Å². The first-order valence-electron chi connectivity index (χ1n) is 6.31. The molecule has 0 aromatic heterocycles. The van der Waals surface area contributed by atoms with Gasteiger partial charge in [-0.1, -0.05) is 20.3 Å². The van der Waals surface area contributed by atoms with E-state index in [-0.39, 0.29) is 11.7 Å². The van der Waals surface area contributed by atoms with E-state index in [4.69, 9.17) is 4.74 Å².